The molecule has 1 heterocycles. The zero-order chi connectivity index (χ0) is 14.8. The molecule has 3 aromatic rings. The monoisotopic (exact) mass is 299 g/mol. The van der Waals surface area contributed by atoms with E-state index in [1.165, 1.54) is 0 Å². The van der Waals surface area contributed by atoms with Crippen molar-refractivity contribution in [3.05, 3.63) is 69.5 Å². The van der Waals surface area contributed by atoms with E-state index < -0.39 is 0 Å². The van der Waals surface area contributed by atoms with Crippen LogP contribution in [0.4, 0.5) is 5.95 Å². The van der Waals surface area contributed by atoms with Crippen LogP contribution in [0.1, 0.15) is 18.5 Å². The predicted molar refractivity (Wildman–Crippen MR) is 85.9 cm³/mol. The fraction of sp³-hybridized carbons (Fsp3) is 0.125. The quantitative estimate of drug-likeness (QED) is 0.774. The van der Waals surface area contributed by atoms with Crippen molar-refractivity contribution < 1.29 is 0 Å². The van der Waals surface area contributed by atoms with Gasteiger partial charge in [-0.05, 0) is 30.7 Å². The van der Waals surface area contributed by atoms with E-state index in [4.69, 9.17) is 11.6 Å². The Kier molecular flexibility index (Phi) is 3.62. The second-order valence-electron chi connectivity index (χ2n) is 4.85. The Morgan fingerprint density at radius 3 is 2.71 bits per heavy atom. The van der Waals surface area contributed by atoms with E-state index in [2.05, 4.69) is 15.3 Å². The molecule has 0 aliphatic carbocycles. The van der Waals surface area contributed by atoms with Crippen LogP contribution in [0.25, 0.3) is 10.9 Å². The van der Waals surface area contributed by atoms with Crippen molar-refractivity contribution in [1.29, 1.82) is 0 Å². The molecule has 2 aromatic carbocycles. The van der Waals surface area contributed by atoms with Crippen LogP contribution in [0, 0.1) is 0 Å². The lowest BCUT2D eigenvalue weighted by molar-refractivity contribution is 0.861. The van der Waals surface area contributed by atoms with Crippen molar-refractivity contribution in [3.63, 3.8) is 0 Å². The highest BCUT2D eigenvalue weighted by Gasteiger charge is 2.08. The minimum absolute atomic E-state index is 0.0408. The zero-order valence-electron chi connectivity index (χ0n) is 11.4. The third-order valence-corrected chi connectivity index (χ3v) is 3.56. The van der Waals surface area contributed by atoms with Gasteiger partial charge in [0.1, 0.15) is 0 Å². The van der Waals surface area contributed by atoms with Crippen LogP contribution >= 0.6 is 11.6 Å². The van der Waals surface area contributed by atoms with E-state index in [1.54, 1.807) is 18.2 Å². The van der Waals surface area contributed by atoms with Crippen LogP contribution in [-0.2, 0) is 0 Å². The summed E-state index contributed by atoms with van der Waals surface area (Å²) in [7, 11) is 0. The number of aromatic amines is 1. The first-order valence-electron chi connectivity index (χ1n) is 6.64. The molecule has 0 saturated heterocycles. The van der Waals surface area contributed by atoms with Gasteiger partial charge in [-0.3, -0.25) is 9.78 Å². The molecule has 0 aliphatic heterocycles. The Balaban J connectivity index is 1.95. The number of H-pyrrole nitrogens is 1. The number of nitrogens with one attached hydrogen (secondary N) is 2. The van der Waals surface area contributed by atoms with Crippen LogP contribution in [0.5, 0.6) is 0 Å². The van der Waals surface area contributed by atoms with Crippen LogP contribution in [-0.4, -0.2) is 9.97 Å². The number of hydrogen-bond acceptors (Lipinski definition) is 3. The lowest BCUT2D eigenvalue weighted by atomic mass is 10.1. The largest absolute Gasteiger partial charge is 0.349 e. The highest BCUT2D eigenvalue weighted by Crippen LogP contribution is 2.18. The summed E-state index contributed by atoms with van der Waals surface area (Å²) in [6.45, 7) is 2.02. The Hall–Kier alpha value is -2.33. The summed E-state index contributed by atoms with van der Waals surface area (Å²) in [5.41, 5.74) is 1.53. The second kappa shape index (κ2) is 5.58. The van der Waals surface area contributed by atoms with Gasteiger partial charge in [0, 0.05) is 5.02 Å². The maximum atomic E-state index is 12.1. The van der Waals surface area contributed by atoms with Crippen LogP contribution in [0.3, 0.4) is 0 Å². The van der Waals surface area contributed by atoms with Crippen LogP contribution < -0.4 is 10.9 Å². The van der Waals surface area contributed by atoms with Gasteiger partial charge in [0.05, 0.1) is 16.9 Å². The van der Waals surface area contributed by atoms with E-state index in [9.17, 15) is 4.79 Å². The van der Waals surface area contributed by atoms with Gasteiger partial charge in [0.2, 0.25) is 5.95 Å². The van der Waals surface area contributed by atoms with Gasteiger partial charge >= 0.3 is 0 Å². The van der Waals surface area contributed by atoms with E-state index >= 15 is 0 Å². The van der Waals surface area contributed by atoms with Crippen molar-refractivity contribution in [2.75, 3.05) is 5.32 Å². The molecule has 3 rings (SSSR count). The molecular weight excluding hydrogens is 286 g/mol. The summed E-state index contributed by atoms with van der Waals surface area (Å²) >= 11 is 5.90. The first-order valence-corrected chi connectivity index (χ1v) is 7.02. The number of fused-ring (bicyclic) bond motifs is 1. The van der Waals surface area contributed by atoms with E-state index in [0.717, 1.165) is 5.56 Å². The van der Waals surface area contributed by atoms with Gasteiger partial charge in [-0.2, -0.15) is 0 Å². The fourth-order valence-electron chi connectivity index (χ4n) is 2.21. The topological polar surface area (TPSA) is 57.8 Å². The Bertz CT molecular complexity index is 830. The van der Waals surface area contributed by atoms with Crippen molar-refractivity contribution in [2.45, 2.75) is 13.0 Å². The molecule has 1 atom stereocenters. The van der Waals surface area contributed by atoms with Crippen LogP contribution in [0.15, 0.2) is 53.3 Å². The molecule has 1 aromatic heterocycles. The summed E-state index contributed by atoms with van der Waals surface area (Å²) in [6, 6.07) is 15.1. The highest BCUT2D eigenvalue weighted by atomic mass is 35.5. The molecular formula is C16H14ClN3O. The highest BCUT2D eigenvalue weighted by molar-refractivity contribution is 6.31. The standard InChI is InChI=1S/C16H14ClN3O/c1-10(11-5-3-2-4-6-11)18-16-19-14-8-7-12(17)9-13(14)15(21)20-16/h2-10H,1H3,(H2,18,19,20,21)/t10-/m0/s1. The molecule has 0 saturated carbocycles. The third kappa shape index (κ3) is 2.90. The number of halogens is 1. The summed E-state index contributed by atoms with van der Waals surface area (Å²) in [5.74, 6) is 0.450. The fourth-order valence-corrected chi connectivity index (χ4v) is 2.38. The Labute approximate surface area is 126 Å². The average molecular weight is 300 g/mol. The molecule has 0 bridgehead atoms. The zero-order valence-corrected chi connectivity index (χ0v) is 12.2. The van der Waals surface area contributed by atoms with E-state index in [0.29, 0.717) is 21.9 Å². The van der Waals surface area contributed by atoms with Crippen LogP contribution in [0.2, 0.25) is 5.02 Å². The maximum Gasteiger partial charge on any atom is 0.260 e. The number of hydrogen-bond donors (Lipinski definition) is 2. The lowest BCUT2D eigenvalue weighted by Gasteiger charge is -2.14. The number of rotatable bonds is 3. The lowest BCUT2D eigenvalue weighted by Crippen LogP contribution is -2.15. The minimum atomic E-state index is -0.203. The van der Waals surface area contributed by atoms with Gasteiger partial charge in [-0.15, -0.1) is 0 Å². The summed E-state index contributed by atoms with van der Waals surface area (Å²) in [6.07, 6.45) is 0. The average Bonchev–Trinajstić information content (AvgIpc) is 2.49. The number of aromatic nitrogens is 2. The van der Waals surface area contributed by atoms with E-state index in [1.807, 2.05) is 37.3 Å². The molecule has 4 nitrogen and oxygen atoms in total. The Morgan fingerprint density at radius 1 is 1.19 bits per heavy atom. The molecule has 2 N–H and O–H groups in total. The van der Waals surface area contributed by atoms with Gasteiger partial charge in [0.15, 0.2) is 0 Å². The molecule has 0 unspecified atom stereocenters. The SMILES string of the molecule is C[C@H](Nc1nc2ccc(Cl)cc2c(=O)[nH]1)c1ccccc1. The Morgan fingerprint density at radius 2 is 1.95 bits per heavy atom. The summed E-state index contributed by atoms with van der Waals surface area (Å²) in [4.78, 5) is 19.2. The number of nitrogens with zero attached hydrogens (tertiary/aromatic N) is 1. The summed E-state index contributed by atoms with van der Waals surface area (Å²) in [5, 5.41) is 4.21. The van der Waals surface area contributed by atoms with Gasteiger partial charge in [-0.25, -0.2) is 4.98 Å². The smallest absolute Gasteiger partial charge is 0.260 e. The van der Waals surface area contributed by atoms with Crippen molar-refractivity contribution in [3.8, 4) is 0 Å². The van der Waals surface area contributed by atoms with Crippen molar-refractivity contribution >= 4 is 28.5 Å². The molecule has 106 valence electrons. The van der Waals surface area contributed by atoms with E-state index in [-0.39, 0.29) is 11.6 Å². The van der Waals surface area contributed by atoms with Gasteiger partial charge in [0.25, 0.3) is 5.56 Å². The molecule has 0 aliphatic rings. The first kappa shape index (κ1) is 13.6. The van der Waals surface area contributed by atoms with Crippen molar-refractivity contribution in [1.82, 2.24) is 9.97 Å². The first-order chi connectivity index (χ1) is 10.1. The third-order valence-electron chi connectivity index (χ3n) is 3.32. The number of anilines is 1. The second-order valence-corrected chi connectivity index (χ2v) is 5.29. The molecule has 0 fully saturated rings. The molecule has 0 spiro atoms. The predicted octanol–water partition coefficient (Wildman–Crippen LogP) is 3.75. The number of benzene rings is 2. The normalized spacial score (nSPS) is 12.3. The van der Waals surface area contributed by atoms with Gasteiger partial charge < -0.3 is 5.32 Å². The maximum absolute atomic E-state index is 12.1. The van der Waals surface area contributed by atoms with Gasteiger partial charge in [-0.1, -0.05) is 41.9 Å². The molecule has 21 heavy (non-hydrogen) atoms. The van der Waals surface area contributed by atoms with Crippen molar-refractivity contribution in [2.24, 2.45) is 0 Å². The summed E-state index contributed by atoms with van der Waals surface area (Å²) < 4.78 is 0. The molecule has 0 amide bonds. The molecule has 0 radical (unpaired) electrons. The molecule has 5 heteroatoms. The minimum Gasteiger partial charge on any atom is -0.349 e.